The third kappa shape index (κ3) is 3.51. The van der Waals surface area contributed by atoms with Crippen LogP contribution in [0.1, 0.15) is 23.2 Å². The van der Waals surface area contributed by atoms with E-state index < -0.39 is 0 Å². The fourth-order valence-electron chi connectivity index (χ4n) is 2.67. The largest absolute Gasteiger partial charge is 0.348 e. The van der Waals surface area contributed by atoms with Crippen molar-refractivity contribution in [1.29, 1.82) is 0 Å². The molecule has 0 radical (unpaired) electrons. The summed E-state index contributed by atoms with van der Waals surface area (Å²) in [5, 5.41) is 7.00. The summed E-state index contributed by atoms with van der Waals surface area (Å²) in [6.07, 6.45) is 2.01. The van der Waals surface area contributed by atoms with Crippen molar-refractivity contribution >= 4 is 45.1 Å². The van der Waals surface area contributed by atoms with Crippen molar-refractivity contribution < 1.29 is 4.79 Å². The van der Waals surface area contributed by atoms with E-state index >= 15 is 0 Å². The molecule has 1 amide bonds. The molecule has 1 fully saturated rings. The van der Waals surface area contributed by atoms with Gasteiger partial charge < -0.3 is 15.6 Å². The predicted octanol–water partition coefficient (Wildman–Crippen LogP) is 2.19. The van der Waals surface area contributed by atoms with Gasteiger partial charge in [-0.05, 0) is 41.4 Å². The van der Waals surface area contributed by atoms with Crippen LogP contribution in [0.4, 0.5) is 0 Å². The number of benzene rings is 1. The van der Waals surface area contributed by atoms with E-state index in [0.717, 1.165) is 35.8 Å². The SMILES string of the molecule is Cl.O=C(N[C@H]1CCCNC1)c1cc(=O)[nH]c2c(Br)cccc12. The molecule has 1 aromatic heterocycles. The number of H-pyrrole nitrogens is 1. The lowest BCUT2D eigenvalue weighted by Gasteiger charge is -2.24. The quantitative estimate of drug-likeness (QED) is 0.741. The molecule has 1 aliphatic heterocycles. The van der Waals surface area contributed by atoms with Crippen LogP contribution in [0.15, 0.2) is 33.5 Å². The number of amides is 1. The third-order valence-electron chi connectivity index (χ3n) is 3.70. The number of aromatic nitrogens is 1. The maximum absolute atomic E-state index is 12.5. The molecule has 0 bridgehead atoms. The molecule has 1 aliphatic rings. The molecule has 1 atom stereocenters. The smallest absolute Gasteiger partial charge is 0.252 e. The molecule has 0 aliphatic carbocycles. The summed E-state index contributed by atoms with van der Waals surface area (Å²) < 4.78 is 0.770. The molecule has 1 aromatic carbocycles. The monoisotopic (exact) mass is 385 g/mol. The Hall–Kier alpha value is -1.37. The maximum Gasteiger partial charge on any atom is 0.252 e. The zero-order valence-electron chi connectivity index (χ0n) is 11.8. The fourth-order valence-corrected chi connectivity index (χ4v) is 3.14. The zero-order valence-corrected chi connectivity index (χ0v) is 14.2. The topological polar surface area (TPSA) is 74.0 Å². The molecule has 3 N–H and O–H groups in total. The molecule has 2 aromatic rings. The Bertz CT molecular complexity index is 741. The van der Waals surface area contributed by atoms with E-state index in [1.54, 1.807) is 0 Å². The molecule has 1 saturated heterocycles. The Labute approximate surface area is 142 Å². The van der Waals surface area contributed by atoms with Crippen molar-refractivity contribution in [2.45, 2.75) is 18.9 Å². The van der Waals surface area contributed by atoms with E-state index in [1.807, 2.05) is 18.2 Å². The van der Waals surface area contributed by atoms with Gasteiger partial charge in [-0.1, -0.05) is 12.1 Å². The lowest BCUT2D eigenvalue weighted by molar-refractivity contribution is 0.0932. The molecular formula is C15H17BrClN3O2. The normalized spacial score (nSPS) is 17.8. The van der Waals surface area contributed by atoms with E-state index in [1.165, 1.54) is 6.07 Å². The summed E-state index contributed by atoms with van der Waals surface area (Å²) >= 11 is 3.40. The highest BCUT2D eigenvalue weighted by molar-refractivity contribution is 9.10. The highest BCUT2D eigenvalue weighted by Gasteiger charge is 2.18. The number of piperidine rings is 1. The van der Waals surface area contributed by atoms with Crippen LogP contribution in [0.25, 0.3) is 10.9 Å². The minimum absolute atomic E-state index is 0. The van der Waals surface area contributed by atoms with Crippen LogP contribution in [-0.4, -0.2) is 30.0 Å². The lowest BCUT2D eigenvalue weighted by atomic mass is 10.1. The van der Waals surface area contributed by atoms with Gasteiger partial charge in [0.1, 0.15) is 0 Å². The average molecular weight is 387 g/mol. The molecule has 7 heteroatoms. The number of halogens is 2. The van der Waals surface area contributed by atoms with Crippen molar-refractivity contribution in [3.05, 3.63) is 44.7 Å². The molecule has 118 valence electrons. The Morgan fingerprint density at radius 3 is 2.91 bits per heavy atom. The Balaban J connectivity index is 0.00000176. The van der Waals surface area contributed by atoms with Crippen molar-refractivity contribution in [3.8, 4) is 0 Å². The van der Waals surface area contributed by atoms with E-state index in [2.05, 4.69) is 31.5 Å². The van der Waals surface area contributed by atoms with Gasteiger partial charge in [0, 0.05) is 28.5 Å². The van der Waals surface area contributed by atoms with Crippen LogP contribution in [0.3, 0.4) is 0 Å². The van der Waals surface area contributed by atoms with Gasteiger partial charge in [0.2, 0.25) is 5.56 Å². The number of rotatable bonds is 2. The van der Waals surface area contributed by atoms with E-state index in [-0.39, 0.29) is 29.9 Å². The minimum Gasteiger partial charge on any atom is -0.348 e. The average Bonchev–Trinajstić information content (AvgIpc) is 2.48. The van der Waals surface area contributed by atoms with Gasteiger partial charge in [0.15, 0.2) is 0 Å². The molecule has 2 heterocycles. The number of aromatic amines is 1. The van der Waals surface area contributed by atoms with Crippen LogP contribution >= 0.6 is 28.3 Å². The standard InChI is InChI=1S/C15H16BrN3O2.ClH/c16-12-5-1-4-10-11(7-13(20)19-14(10)12)15(21)18-9-3-2-6-17-8-9;/h1,4-5,7,9,17H,2-3,6,8H2,(H,18,21)(H,19,20);1H/t9-;/m0./s1. The number of nitrogens with one attached hydrogen (secondary N) is 3. The van der Waals surface area contributed by atoms with E-state index in [0.29, 0.717) is 11.1 Å². The minimum atomic E-state index is -0.277. The van der Waals surface area contributed by atoms with Crippen molar-refractivity contribution in [3.63, 3.8) is 0 Å². The van der Waals surface area contributed by atoms with Gasteiger partial charge in [-0.25, -0.2) is 0 Å². The molecule has 3 rings (SSSR count). The number of carbonyl (C=O) groups excluding carboxylic acids is 1. The first-order chi connectivity index (χ1) is 10.1. The second-order valence-corrected chi connectivity index (χ2v) is 6.08. The highest BCUT2D eigenvalue weighted by atomic mass is 79.9. The Morgan fingerprint density at radius 2 is 2.18 bits per heavy atom. The second kappa shape index (κ2) is 7.26. The van der Waals surface area contributed by atoms with Gasteiger partial charge in [-0.15, -0.1) is 12.4 Å². The van der Waals surface area contributed by atoms with Crippen molar-refractivity contribution in [2.24, 2.45) is 0 Å². The van der Waals surface area contributed by atoms with Crippen LogP contribution in [0.5, 0.6) is 0 Å². The third-order valence-corrected chi connectivity index (χ3v) is 4.36. The molecule has 0 unspecified atom stereocenters. The number of hydrogen-bond donors (Lipinski definition) is 3. The second-order valence-electron chi connectivity index (χ2n) is 5.23. The summed E-state index contributed by atoms with van der Waals surface area (Å²) in [6, 6.07) is 7.01. The van der Waals surface area contributed by atoms with Crippen LogP contribution in [-0.2, 0) is 0 Å². The molecular weight excluding hydrogens is 370 g/mol. The Morgan fingerprint density at radius 1 is 1.36 bits per heavy atom. The number of para-hydroxylation sites is 1. The fraction of sp³-hybridized carbons (Fsp3) is 0.333. The molecule has 22 heavy (non-hydrogen) atoms. The van der Waals surface area contributed by atoms with E-state index in [4.69, 9.17) is 0 Å². The van der Waals surface area contributed by atoms with Gasteiger partial charge in [-0.3, -0.25) is 9.59 Å². The first kappa shape index (κ1) is 17.0. The Kier molecular flexibility index (Phi) is 5.61. The number of fused-ring (bicyclic) bond motifs is 1. The molecule has 0 saturated carbocycles. The van der Waals surface area contributed by atoms with Gasteiger partial charge in [0.25, 0.3) is 5.91 Å². The summed E-state index contributed by atoms with van der Waals surface area (Å²) in [7, 11) is 0. The molecule has 5 nitrogen and oxygen atoms in total. The van der Waals surface area contributed by atoms with Crippen LogP contribution in [0.2, 0.25) is 0 Å². The first-order valence-electron chi connectivity index (χ1n) is 6.98. The highest BCUT2D eigenvalue weighted by Crippen LogP contribution is 2.23. The molecule has 0 spiro atoms. The predicted molar refractivity (Wildman–Crippen MR) is 92.9 cm³/mol. The number of carbonyl (C=O) groups is 1. The first-order valence-corrected chi connectivity index (χ1v) is 7.77. The summed E-state index contributed by atoms with van der Waals surface area (Å²) in [6.45, 7) is 1.77. The van der Waals surface area contributed by atoms with Crippen molar-refractivity contribution in [1.82, 2.24) is 15.6 Å². The summed E-state index contributed by atoms with van der Waals surface area (Å²) in [5.41, 5.74) is 0.791. The van der Waals surface area contributed by atoms with E-state index in [9.17, 15) is 9.59 Å². The maximum atomic E-state index is 12.5. The van der Waals surface area contributed by atoms with Crippen LogP contribution in [0, 0.1) is 0 Å². The van der Waals surface area contributed by atoms with Crippen molar-refractivity contribution in [2.75, 3.05) is 13.1 Å². The number of hydrogen-bond acceptors (Lipinski definition) is 3. The van der Waals surface area contributed by atoms with Gasteiger partial charge >= 0.3 is 0 Å². The lowest BCUT2D eigenvalue weighted by Crippen LogP contribution is -2.45. The van der Waals surface area contributed by atoms with Gasteiger partial charge in [0.05, 0.1) is 11.1 Å². The number of pyridine rings is 1. The summed E-state index contributed by atoms with van der Waals surface area (Å²) in [4.78, 5) is 27.0. The van der Waals surface area contributed by atoms with Crippen LogP contribution < -0.4 is 16.2 Å². The van der Waals surface area contributed by atoms with Gasteiger partial charge in [-0.2, -0.15) is 0 Å². The summed E-state index contributed by atoms with van der Waals surface area (Å²) in [5.74, 6) is -0.196. The zero-order chi connectivity index (χ0) is 14.8.